The summed E-state index contributed by atoms with van der Waals surface area (Å²) in [6.45, 7) is 2.39. The lowest BCUT2D eigenvalue weighted by atomic mass is 10.2. The molecule has 3 N–H and O–H groups in total. The third-order valence-electron chi connectivity index (χ3n) is 4.46. The number of nitrogens with one attached hydrogen (secondary N) is 1. The van der Waals surface area contributed by atoms with Crippen LogP contribution in [0.25, 0.3) is 0 Å². The SMILES string of the molecule is NC(=O)c1cccnc1N1CCN(CC(=O)Nc2ccc(OC(F)(F)F)cc2)CC1. The Bertz CT molecular complexity index is 897. The summed E-state index contributed by atoms with van der Waals surface area (Å²) in [7, 11) is 0. The minimum atomic E-state index is -4.76. The Morgan fingerprint density at radius 3 is 2.37 bits per heavy atom. The predicted octanol–water partition coefficient (Wildman–Crippen LogP) is 1.84. The molecule has 0 atom stereocenters. The summed E-state index contributed by atoms with van der Waals surface area (Å²) in [4.78, 5) is 31.9. The molecule has 1 saturated heterocycles. The maximum Gasteiger partial charge on any atom is 0.573 e. The van der Waals surface area contributed by atoms with Crippen molar-refractivity contribution in [1.82, 2.24) is 9.88 Å². The minimum absolute atomic E-state index is 0.125. The van der Waals surface area contributed by atoms with Crippen LogP contribution in [-0.2, 0) is 4.79 Å². The zero-order valence-electron chi connectivity index (χ0n) is 15.9. The predicted molar refractivity (Wildman–Crippen MR) is 103 cm³/mol. The van der Waals surface area contributed by atoms with Gasteiger partial charge in [0.2, 0.25) is 5.91 Å². The van der Waals surface area contributed by atoms with Crippen molar-refractivity contribution in [2.45, 2.75) is 6.36 Å². The van der Waals surface area contributed by atoms with Crippen LogP contribution >= 0.6 is 0 Å². The first-order chi connectivity index (χ1) is 14.2. The number of anilines is 2. The van der Waals surface area contributed by atoms with Crippen LogP contribution in [0.3, 0.4) is 0 Å². The maximum atomic E-state index is 12.2. The molecule has 0 unspecified atom stereocenters. The van der Waals surface area contributed by atoms with Crippen LogP contribution in [0.2, 0.25) is 0 Å². The minimum Gasteiger partial charge on any atom is -0.406 e. The number of nitrogens with two attached hydrogens (primary N) is 1. The van der Waals surface area contributed by atoms with E-state index in [1.54, 1.807) is 18.3 Å². The number of hydrogen-bond acceptors (Lipinski definition) is 6. The summed E-state index contributed by atoms with van der Waals surface area (Å²) in [6, 6.07) is 8.20. The number of halogens is 3. The normalized spacial score (nSPS) is 15.0. The highest BCUT2D eigenvalue weighted by Crippen LogP contribution is 2.24. The fourth-order valence-corrected chi connectivity index (χ4v) is 3.10. The Morgan fingerprint density at radius 2 is 1.77 bits per heavy atom. The molecule has 1 aromatic heterocycles. The average Bonchev–Trinajstić information content (AvgIpc) is 2.69. The van der Waals surface area contributed by atoms with E-state index in [1.165, 1.54) is 12.1 Å². The second-order valence-corrected chi connectivity index (χ2v) is 6.62. The largest absolute Gasteiger partial charge is 0.573 e. The van der Waals surface area contributed by atoms with E-state index >= 15 is 0 Å². The summed E-state index contributed by atoms with van der Waals surface area (Å²) in [5.41, 5.74) is 6.11. The van der Waals surface area contributed by atoms with Gasteiger partial charge >= 0.3 is 6.36 Å². The summed E-state index contributed by atoms with van der Waals surface area (Å²) < 4.78 is 40.3. The van der Waals surface area contributed by atoms with Crippen molar-refractivity contribution in [2.24, 2.45) is 5.73 Å². The maximum absolute atomic E-state index is 12.2. The van der Waals surface area contributed by atoms with Crippen molar-refractivity contribution >= 4 is 23.3 Å². The zero-order valence-corrected chi connectivity index (χ0v) is 15.9. The zero-order chi connectivity index (χ0) is 21.7. The van der Waals surface area contributed by atoms with Crippen LogP contribution in [0.5, 0.6) is 5.75 Å². The molecule has 1 aromatic carbocycles. The molecule has 8 nitrogen and oxygen atoms in total. The molecule has 1 fully saturated rings. The molecule has 2 aromatic rings. The quantitative estimate of drug-likeness (QED) is 0.736. The number of hydrogen-bond donors (Lipinski definition) is 2. The van der Waals surface area contributed by atoms with Crippen LogP contribution in [0.1, 0.15) is 10.4 Å². The van der Waals surface area contributed by atoms with Gasteiger partial charge in [-0.2, -0.15) is 0 Å². The molecular weight excluding hydrogens is 403 g/mol. The Hall–Kier alpha value is -3.34. The lowest BCUT2D eigenvalue weighted by molar-refractivity contribution is -0.274. The number of pyridine rings is 1. The van der Waals surface area contributed by atoms with Crippen LogP contribution in [0.4, 0.5) is 24.7 Å². The van der Waals surface area contributed by atoms with E-state index in [1.807, 2.05) is 9.80 Å². The van der Waals surface area contributed by atoms with Crippen molar-refractivity contribution < 1.29 is 27.5 Å². The number of alkyl halides is 3. The molecule has 0 saturated carbocycles. The van der Waals surface area contributed by atoms with E-state index in [-0.39, 0.29) is 18.2 Å². The summed E-state index contributed by atoms with van der Waals surface area (Å²) >= 11 is 0. The number of primary amides is 1. The highest BCUT2D eigenvalue weighted by atomic mass is 19.4. The summed E-state index contributed by atoms with van der Waals surface area (Å²) in [6.07, 6.45) is -3.17. The van der Waals surface area contributed by atoms with Gasteiger partial charge in [-0.3, -0.25) is 14.5 Å². The number of nitrogens with zero attached hydrogens (tertiary/aromatic N) is 3. The highest BCUT2D eigenvalue weighted by molar-refractivity contribution is 5.97. The van der Waals surface area contributed by atoms with Gasteiger partial charge in [0.25, 0.3) is 5.91 Å². The lowest BCUT2D eigenvalue weighted by Gasteiger charge is -2.35. The van der Waals surface area contributed by atoms with Gasteiger partial charge in [0.05, 0.1) is 12.1 Å². The van der Waals surface area contributed by atoms with Gasteiger partial charge in [0, 0.05) is 38.1 Å². The number of aromatic nitrogens is 1. The van der Waals surface area contributed by atoms with Crippen molar-refractivity contribution in [3.8, 4) is 5.75 Å². The molecular formula is C19H20F3N5O3. The van der Waals surface area contributed by atoms with Crippen molar-refractivity contribution in [3.63, 3.8) is 0 Å². The standard InChI is InChI=1S/C19H20F3N5O3/c20-19(21,22)30-14-5-3-13(4-6-14)25-16(28)12-26-8-10-27(11-9-26)18-15(17(23)29)2-1-7-24-18/h1-7H,8-12H2,(H2,23,29)(H,25,28). The molecule has 0 radical (unpaired) electrons. The van der Waals surface area contributed by atoms with E-state index in [4.69, 9.17) is 5.73 Å². The molecule has 160 valence electrons. The van der Waals surface area contributed by atoms with Crippen LogP contribution in [0.15, 0.2) is 42.6 Å². The van der Waals surface area contributed by atoms with Gasteiger partial charge in [-0.1, -0.05) is 0 Å². The van der Waals surface area contributed by atoms with Gasteiger partial charge in [-0.25, -0.2) is 4.98 Å². The van der Waals surface area contributed by atoms with E-state index in [0.29, 0.717) is 43.2 Å². The second kappa shape index (κ2) is 8.99. The average molecular weight is 423 g/mol. The van der Waals surface area contributed by atoms with Crippen molar-refractivity contribution in [3.05, 3.63) is 48.2 Å². The Labute approximate surface area is 170 Å². The number of benzene rings is 1. The number of amides is 2. The van der Waals surface area contributed by atoms with Gasteiger partial charge in [0.15, 0.2) is 0 Å². The number of ether oxygens (including phenoxy) is 1. The molecule has 3 rings (SSSR count). The third kappa shape index (κ3) is 5.83. The van der Waals surface area contributed by atoms with E-state index in [9.17, 15) is 22.8 Å². The van der Waals surface area contributed by atoms with Crippen LogP contribution in [-0.4, -0.2) is 60.8 Å². The fraction of sp³-hybridized carbons (Fsp3) is 0.316. The van der Waals surface area contributed by atoms with E-state index in [0.717, 1.165) is 12.1 Å². The third-order valence-corrected chi connectivity index (χ3v) is 4.46. The summed E-state index contributed by atoms with van der Waals surface area (Å²) in [5, 5.41) is 2.64. The molecule has 30 heavy (non-hydrogen) atoms. The van der Waals surface area contributed by atoms with E-state index in [2.05, 4.69) is 15.0 Å². The van der Waals surface area contributed by atoms with Gasteiger partial charge in [0.1, 0.15) is 11.6 Å². The molecule has 1 aliphatic rings. The topological polar surface area (TPSA) is 101 Å². The Morgan fingerprint density at radius 1 is 1.10 bits per heavy atom. The van der Waals surface area contributed by atoms with Crippen LogP contribution < -0.4 is 20.7 Å². The Kier molecular flexibility index (Phi) is 6.40. The Balaban J connectivity index is 1.49. The first-order valence-electron chi connectivity index (χ1n) is 9.09. The molecule has 2 amide bonds. The van der Waals surface area contributed by atoms with Crippen molar-refractivity contribution in [2.75, 3.05) is 42.9 Å². The van der Waals surface area contributed by atoms with Gasteiger partial charge < -0.3 is 20.7 Å². The second-order valence-electron chi connectivity index (χ2n) is 6.62. The molecule has 1 aliphatic heterocycles. The monoisotopic (exact) mass is 423 g/mol. The first kappa shape index (κ1) is 21.4. The number of carbonyl (C=O) groups excluding carboxylic acids is 2. The molecule has 2 heterocycles. The number of rotatable bonds is 6. The number of piperazine rings is 1. The highest BCUT2D eigenvalue weighted by Gasteiger charge is 2.31. The molecule has 0 spiro atoms. The summed E-state index contributed by atoms with van der Waals surface area (Å²) in [5.74, 6) is -0.674. The lowest BCUT2D eigenvalue weighted by Crippen LogP contribution is -2.49. The molecule has 0 aliphatic carbocycles. The first-order valence-corrected chi connectivity index (χ1v) is 9.09. The smallest absolute Gasteiger partial charge is 0.406 e. The van der Waals surface area contributed by atoms with Crippen molar-refractivity contribution in [1.29, 1.82) is 0 Å². The molecule has 11 heteroatoms. The van der Waals surface area contributed by atoms with Gasteiger partial charge in [-0.05, 0) is 36.4 Å². The molecule has 0 bridgehead atoms. The number of carbonyl (C=O) groups is 2. The van der Waals surface area contributed by atoms with Gasteiger partial charge in [-0.15, -0.1) is 13.2 Å². The van der Waals surface area contributed by atoms with E-state index < -0.39 is 12.3 Å². The van der Waals surface area contributed by atoms with Crippen LogP contribution in [0, 0.1) is 0 Å². The fourth-order valence-electron chi connectivity index (χ4n) is 3.10.